The van der Waals surface area contributed by atoms with E-state index in [0.717, 1.165) is 55.2 Å². The molecule has 12 N–H and O–H groups in total. The number of nitrogens with zero attached hydrogens (tertiary/aromatic N) is 2. The van der Waals surface area contributed by atoms with E-state index in [2.05, 4.69) is 15.3 Å². The molecule has 5 aromatic rings. The fourth-order valence-electron chi connectivity index (χ4n) is 11.0. The molecule has 2 fully saturated rings. The quantitative estimate of drug-likeness (QED) is 0.0164. The summed E-state index contributed by atoms with van der Waals surface area (Å²) in [5, 5.41) is 111. The molecule has 436 valence electrons. The number of nitrogens with one attached hydrogen (secondary N) is 1. The van der Waals surface area contributed by atoms with Gasteiger partial charge in [-0.25, -0.2) is 9.78 Å². The predicted octanol–water partition coefficient (Wildman–Crippen LogP) is 6.12. The Bertz CT molecular complexity index is 3120. The van der Waals surface area contributed by atoms with Gasteiger partial charge in [-0.1, -0.05) is 56.3 Å². The Hall–Kier alpha value is -8.12. The Balaban J connectivity index is 0.000000181. The van der Waals surface area contributed by atoms with Crippen LogP contribution in [0, 0.1) is 23.2 Å². The molecule has 0 spiro atoms. The van der Waals surface area contributed by atoms with E-state index in [1.165, 1.54) is 24.7 Å². The van der Waals surface area contributed by atoms with E-state index in [1.807, 2.05) is 56.3 Å². The fourth-order valence-corrected chi connectivity index (χ4v) is 11.2. The molecule has 82 heavy (non-hydrogen) atoms. The molecular formula is C58H65BClN3O19. The summed E-state index contributed by atoms with van der Waals surface area (Å²) < 4.78 is 16.7. The zero-order valence-corrected chi connectivity index (χ0v) is 45.7. The number of aromatic nitrogens is 2. The molecule has 3 heterocycles. The molecule has 4 aromatic carbocycles. The molecule has 9 atom stereocenters. The summed E-state index contributed by atoms with van der Waals surface area (Å²) in [4.78, 5) is 70.5. The first kappa shape index (κ1) is 61.5. The first-order valence-electron chi connectivity index (χ1n) is 26.5. The second-order valence-corrected chi connectivity index (χ2v) is 21.7. The van der Waals surface area contributed by atoms with Crippen LogP contribution in [-0.2, 0) is 36.7 Å². The van der Waals surface area contributed by atoms with Gasteiger partial charge in [-0.3, -0.25) is 24.2 Å². The maximum atomic E-state index is 12.9. The van der Waals surface area contributed by atoms with Gasteiger partial charge >= 0.3 is 19.1 Å². The summed E-state index contributed by atoms with van der Waals surface area (Å²) in [5.74, 6) is -7.74. The number of aliphatic hydroxyl groups excluding tert-OH is 1. The third-order valence-corrected chi connectivity index (χ3v) is 15.5. The highest BCUT2D eigenvalue weighted by molar-refractivity contribution is 6.43. The molecule has 9 rings (SSSR count). The van der Waals surface area contributed by atoms with Gasteiger partial charge in [-0.15, -0.1) is 11.6 Å². The van der Waals surface area contributed by atoms with Crippen LogP contribution in [-0.4, -0.2) is 132 Å². The van der Waals surface area contributed by atoms with Crippen molar-refractivity contribution < 1.29 is 94.2 Å². The topological polar surface area (TPSA) is 373 Å². The largest absolute Gasteiger partial charge is 0.508 e. The molecule has 0 radical (unpaired) electrons. The van der Waals surface area contributed by atoms with Gasteiger partial charge in [-0.2, -0.15) is 0 Å². The number of esters is 2. The van der Waals surface area contributed by atoms with Gasteiger partial charge < -0.3 is 75.5 Å². The number of alkyl halides is 1. The average Bonchev–Trinajstić information content (AvgIpc) is 1.61. The first-order chi connectivity index (χ1) is 38.9. The number of hydrogen-bond acceptors (Lipinski definition) is 21. The van der Waals surface area contributed by atoms with Gasteiger partial charge in [0, 0.05) is 72.5 Å². The van der Waals surface area contributed by atoms with Gasteiger partial charge in [0.1, 0.15) is 45.8 Å². The molecule has 2 unspecified atom stereocenters. The molecule has 2 aliphatic heterocycles. The summed E-state index contributed by atoms with van der Waals surface area (Å²) in [6, 6.07) is 14.7. The molecule has 1 saturated carbocycles. The highest BCUT2D eigenvalue weighted by atomic mass is 35.5. The molecule has 24 heteroatoms. The number of aromatic hydroxyl groups is 8. The van der Waals surface area contributed by atoms with E-state index in [0.29, 0.717) is 25.1 Å². The number of ketones is 2. The van der Waals surface area contributed by atoms with E-state index >= 15 is 0 Å². The van der Waals surface area contributed by atoms with Crippen molar-refractivity contribution in [2.75, 3.05) is 5.88 Å². The maximum Gasteiger partial charge on any atom is 0.455 e. The molecule has 1 aromatic heterocycles. The minimum absolute atomic E-state index is 0.0113. The SMILES string of the molecule is CC(C)C[C@H](CC(=O)[C@H](Cc1ccccc1)NC(=O)c1cnccn1)B(O)O.C[C@@]12OC(=O)C1([C@@H](O)C1C=CCCC1)CC(=O)[C@@H]2CCCl.O=C(O[C@@H]1Cc2c(O)cc(O)cc2O[C@@H]1c1cc(O)c(O)c(O)c1)c1cc(O)c(O)c(O)c1. The first-order valence-corrected chi connectivity index (χ1v) is 27.0. The minimum atomic E-state index is -1.58. The van der Waals surface area contributed by atoms with Crippen LogP contribution in [0.25, 0.3) is 0 Å². The summed E-state index contributed by atoms with van der Waals surface area (Å²) in [5.41, 5.74) is -0.984. The number of carbonyl (C=O) groups excluding carboxylic acids is 5. The van der Waals surface area contributed by atoms with Crippen molar-refractivity contribution in [2.45, 2.75) is 114 Å². The lowest BCUT2D eigenvalue weighted by Crippen LogP contribution is -2.70. The number of amides is 1. The fraction of sp³-hybridized carbons (Fsp3) is 0.397. The second-order valence-electron chi connectivity index (χ2n) is 21.3. The highest BCUT2D eigenvalue weighted by Crippen LogP contribution is 2.63. The smallest absolute Gasteiger partial charge is 0.455 e. The van der Waals surface area contributed by atoms with Crippen LogP contribution in [0.1, 0.15) is 109 Å². The predicted molar refractivity (Wildman–Crippen MR) is 293 cm³/mol. The van der Waals surface area contributed by atoms with E-state index in [4.69, 9.17) is 25.8 Å². The van der Waals surface area contributed by atoms with Crippen molar-refractivity contribution in [3.63, 3.8) is 0 Å². The van der Waals surface area contributed by atoms with Crippen LogP contribution in [0.2, 0.25) is 5.82 Å². The van der Waals surface area contributed by atoms with Crippen molar-refractivity contribution in [2.24, 2.45) is 23.2 Å². The van der Waals surface area contributed by atoms with Crippen LogP contribution in [0.3, 0.4) is 0 Å². The summed E-state index contributed by atoms with van der Waals surface area (Å²) >= 11 is 5.79. The average molecular weight is 1150 g/mol. The number of rotatable bonds is 17. The number of Topliss-reactive ketones (excluding diaryl/α,β-unsaturated/α-hetero) is 2. The van der Waals surface area contributed by atoms with Crippen LogP contribution in [0.4, 0.5) is 0 Å². The van der Waals surface area contributed by atoms with Gasteiger partial charge in [0.15, 0.2) is 46.4 Å². The third kappa shape index (κ3) is 13.4. The Kier molecular flexibility index (Phi) is 19.7. The highest BCUT2D eigenvalue weighted by Gasteiger charge is 2.78. The van der Waals surface area contributed by atoms with Gasteiger partial charge in [-0.05, 0) is 81.2 Å². The standard InChI is InChI=1S/C22H18O11.C20H26BN3O4.C16H21ClO4/c23-10-5-12(24)11-7-18(33-22(31)9-3-15(27)20(30)16(28)4-9)21(32-17(11)6-10)8-1-13(25)19(29)14(26)2-8;1-14(2)10-16(21(27)28)12-19(25)17(11-15-6-4-3-5-7-15)24-20(26)18-13-22-8-9-23-18;1-15-11(7-8-17)12(18)9-16(15,14(20)21-15)13(19)10-5-3-2-4-6-10/h1-6,18,21,23-30H,7H2;3-9,13-14,16-17,27-28H,10-12H2,1-2H3,(H,24,26);3,5,10-11,13,19H,2,4,6-9H2,1H3/t18-,21-;16-,17+;10?,11-,13-,15-,16?/m110/s1. The van der Waals surface area contributed by atoms with E-state index in [-0.39, 0.29) is 82.3 Å². The molecule has 2 aliphatic carbocycles. The summed E-state index contributed by atoms with van der Waals surface area (Å²) in [6.45, 7) is 5.70. The number of carbonyl (C=O) groups is 5. The molecule has 4 aliphatic rings. The number of halogens is 1. The number of phenolic OH excluding ortho intramolecular Hbond substituents is 8. The van der Waals surface area contributed by atoms with E-state index in [9.17, 15) is 80.0 Å². The number of ether oxygens (including phenoxy) is 3. The maximum absolute atomic E-state index is 12.9. The number of hydrogen-bond donors (Lipinski definition) is 12. The lowest BCUT2D eigenvalue weighted by Gasteiger charge is -2.55. The van der Waals surface area contributed by atoms with Crippen LogP contribution in [0.15, 0.2) is 97.5 Å². The van der Waals surface area contributed by atoms with Crippen LogP contribution < -0.4 is 10.1 Å². The van der Waals surface area contributed by atoms with Crippen LogP contribution in [0.5, 0.6) is 51.7 Å². The third-order valence-electron chi connectivity index (χ3n) is 15.2. The number of allylic oxidation sites excluding steroid dienone is 1. The van der Waals surface area contributed by atoms with Crippen molar-refractivity contribution in [3.05, 3.63) is 125 Å². The van der Waals surface area contributed by atoms with Gasteiger partial charge in [0.25, 0.3) is 5.91 Å². The molecule has 0 bridgehead atoms. The van der Waals surface area contributed by atoms with Crippen molar-refractivity contribution in [1.82, 2.24) is 15.3 Å². The van der Waals surface area contributed by atoms with Crippen molar-refractivity contribution in [3.8, 4) is 51.7 Å². The number of benzene rings is 4. The molecule has 1 amide bonds. The number of aliphatic hydroxyl groups is 1. The molecular weight excluding hydrogens is 1090 g/mol. The van der Waals surface area contributed by atoms with Crippen molar-refractivity contribution in [1.29, 1.82) is 0 Å². The van der Waals surface area contributed by atoms with Gasteiger partial charge in [0.2, 0.25) is 0 Å². The van der Waals surface area contributed by atoms with E-state index < -0.39 is 107 Å². The van der Waals surface area contributed by atoms with E-state index in [1.54, 1.807) is 6.92 Å². The lowest BCUT2D eigenvalue weighted by molar-refractivity contribution is -0.262. The zero-order valence-electron chi connectivity index (χ0n) is 45.0. The Labute approximate surface area is 476 Å². The number of phenols is 8. The second kappa shape index (κ2) is 26.2. The summed E-state index contributed by atoms with van der Waals surface area (Å²) in [7, 11) is -1.58. The number of fused-ring (bicyclic) bond motifs is 2. The van der Waals surface area contributed by atoms with Gasteiger partial charge in [0.05, 0.1) is 29.8 Å². The zero-order chi connectivity index (χ0) is 59.8. The lowest BCUT2D eigenvalue weighted by atomic mass is 9.60. The Morgan fingerprint density at radius 3 is 2.12 bits per heavy atom. The monoisotopic (exact) mass is 1150 g/mol. The molecule has 1 saturated heterocycles. The summed E-state index contributed by atoms with van der Waals surface area (Å²) in [6.07, 6.45) is 9.06. The Morgan fingerprint density at radius 1 is 0.890 bits per heavy atom. The van der Waals surface area contributed by atoms with Crippen molar-refractivity contribution >= 4 is 48.1 Å². The Morgan fingerprint density at radius 2 is 1.55 bits per heavy atom. The normalized spacial score (nSPS) is 22.4. The van der Waals surface area contributed by atoms with Crippen LogP contribution >= 0.6 is 11.6 Å². The molecule has 22 nitrogen and oxygen atoms in total. The minimum Gasteiger partial charge on any atom is -0.508 e.